The van der Waals surface area contributed by atoms with Gasteiger partial charge in [0, 0.05) is 24.0 Å². The van der Waals surface area contributed by atoms with Crippen molar-refractivity contribution in [2.45, 2.75) is 23.1 Å². The monoisotopic (exact) mass is 330 g/mol. The lowest BCUT2D eigenvalue weighted by atomic mass is 10.2. The van der Waals surface area contributed by atoms with Crippen LogP contribution in [0.25, 0.3) is 0 Å². The zero-order valence-electron chi connectivity index (χ0n) is 10.3. The summed E-state index contributed by atoms with van der Waals surface area (Å²) in [6.45, 7) is 2.82. The average Bonchev–Trinajstić information content (AvgIpc) is 2.59. The fourth-order valence-corrected chi connectivity index (χ4v) is 3.30. The van der Waals surface area contributed by atoms with Crippen LogP contribution in [0.5, 0.6) is 0 Å². The first-order valence-corrected chi connectivity index (χ1v) is 8.07. The van der Waals surface area contributed by atoms with E-state index in [1.165, 1.54) is 0 Å². The quantitative estimate of drug-likeness (QED) is 0.798. The molecule has 1 unspecified atom stereocenters. The highest BCUT2D eigenvalue weighted by Crippen LogP contribution is 2.27. The molecule has 1 atom stereocenters. The predicted molar refractivity (Wildman–Crippen MR) is 75.8 cm³/mol. The van der Waals surface area contributed by atoms with Gasteiger partial charge in [-0.05, 0) is 18.6 Å². The number of hydrogen-bond acceptors (Lipinski definition) is 3. The minimum Gasteiger partial charge on any atom is -0.358 e. The number of sulfonamides is 1. The lowest BCUT2D eigenvalue weighted by Gasteiger charge is -2.19. The van der Waals surface area contributed by atoms with Gasteiger partial charge >= 0.3 is 0 Å². The lowest BCUT2D eigenvalue weighted by molar-refractivity contribution is 0.491. The maximum Gasteiger partial charge on any atom is 0.285 e. The lowest BCUT2D eigenvalue weighted by Crippen LogP contribution is -2.28. The molecule has 2 rings (SSSR count). The van der Waals surface area contributed by atoms with Crippen molar-refractivity contribution in [2.24, 2.45) is 4.40 Å². The number of alkyl halides is 1. The van der Waals surface area contributed by atoms with Gasteiger partial charge in [-0.3, -0.25) is 0 Å². The van der Waals surface area contributed by atoms with Crippen LogP contribution in [0.4, 0.5) is 0 Å². The van der Waals surface area contributed by atoms with Gasteiger partial charge in [-0.1, -0.05) is 35.0 Å². The summed E-state index contributed by atoms with van der Waals surface area (Å²) in [5.41, 5.74) is 0.697. The molecule has 6 heteroatoms. The maximum absolute atomic E-state index is 11.9. The first-order valence-electron chi connectivity index (χ1n) is 5.71. The van der Waals surface area contributed by atoms with Gasteiger partial charge in [-0.2, -0.15) is 8.42 Å². The van der Waals surface area contributed by atoms with Gasteiger partial charge in [0.25, 0.3) is 10.0 Å². The third-order valence-corrected chi connectivity index (χ3v) is 4.62. The van der Waals surface area contributed by atoms with Crippen LogP contribution < -0.4 is 0 Å². The van der Waals surface area contributed by atoms with E-state index in [0.29, 0.717) is 21.1 Å². The normalized spacial score (nSPS) is 18.1. The van der Waals surface area contributed by atoms with Crippen LogP contribution in [0.2, 0.25) is 0 Å². The van der Waals surface area contributed by atoms with E-state index < -0.39 is 10.0 Å². The van der Waals surface area contributed by atoms with Gasteiger partial charge in [0.05, 0.1) is 0 Å². The van der Waals surface area contributed by atoms with Gasteiger partial charge < -0.3 is 4.90 Å². The Morgan fingerprint density at radius 2 is 2.06 bits per heavy atom. The number of amidine groups is 1. The summed E-state index contributed by atoms with van der Waals surface area (Å²) in [4.78, 5) is 2.59. The van der Waals surface area contributed by atoms with E-state index in [9.17, 15) is 8.42 Å². The molecule has 4 nitrogen and oxygen atoms in total. The molecule has 0 spiro atoms. The first-order chi connectivity index (χ1) is 8.42. The van der Waals surface area contributed by atoms with Crippen molar-refractivity contribution >= 4 is 31.8 Å². The Morgan fingerprint density at radius 3 is 2.72 bits per heavy atom. The standard InChI is InChI=1S/C12H15BrN2O2S/c1-9(13)7-8-15(2)12-10-5-3-4-6-11(10)18(16,17)14-12/h3-6,9H,7-8H2,1-2H3. The molecule has 1 heterocycles. The Balaban J connectivity index is 2.30. The largest absolute Gasteiger partial charge is 0.358 e. The molecule has 0 radical (unpaired) electrons. The minimum absolute atomic E-state index is 0.304. The number of nitrogens with zero attached hydrogens (tertiary/aromatic N) is 2. The molecule has 1 aliphatic heterocycles. The molecule has 98 valence electrons. The van der Waals surface area contributed by atoms with Gasteiger partial charge in [-0.25, -0.2) is 0 Å². The van der Waals surface area contributed by atoms with Crippen molar-refractivity contribution in [2.75, 3.05) is 13.6 Å². The summed E-state index contributed by atoms with van der Waals surface area (Å²) < 4.78 is 27.6. The van der Waals surface area contributed by atoms with E-state index >= 15 is 0 Å². The summed E-state index contributed by atoms with van der Waals surface area (Å²) in [6.07, 6.45) is 0.928. The van der Waals surface area contributed by atoms with Gasteiger partial charge in [-0.15, -0.1) is 4.40 Å². The van der Waals surface area contributed by atoms with Crippen LogP contribution >= 0.6 is 15.9 Å². The molecule has 1 aliphatic rings. The molecule has 0 fully saturated rings. The second-order valence-electron chi connectivity index (χ2n) is 4.38. The summed E-state index contributed by atoms with van der Waals surface area (Å²) in [6, 6.07) is 6.94. The average molecular weight is 331 g/mol. The summed E-state index contributed by atoms with van der Waals surface area (Å²) in [5, 5.41) is 0. The molecule has 0 aliphatic carbocycles. The topological polar surface area (TPSA) is 49.7 Å². The second kappa shape index (κ2) is 5.01. The molecule has 1 aromatic carbocycles. The highest BCUT2D eigenvalue weighted by atomic mass is 79.9. The van der Waals surface area contributed by atoms with E-state index in [1.54, 1.807) is 18.2 Å². The number of fused-ring (bicyclic) bond motifs is 1. The molecule has 1 aromatic rings. The highest BCUT2D eigenvalue weighted by Gasteiger charge is 2.30. The zero-order chi connectivity index (χ0) is 13.3. The molecular weight excluding hydrogens is 316 g/mol. The zero-order valence-corrected chi connectivity index (χ0v) is 12.7. The van der Waals surface area contributed by atoms with Gasteiger partial charge in [0.1, 0.15) is 10.7 Å². The Kier molecular flexibility index (Phi) is 3.77. The highest BCUT2D eigenvalue weighted by molar-refractivity contribution is 9.09. The number of rotatable bonds is 3. The van der Waals surface area contributed by atoms with Crippen molar-refractivity contribution in [3.8, 4) is 0 Å². The SMILES string of the molecule is CC(Br)CCN(C)C1=NS(=O)(=O)c2ccccc21. The summed E-state index contributed by atoms with van der Waals surface area (Å²) in [5.74, 6) is 0.541. The molecule has 0 amide bonds. The molecule has 0 saturated carbocycles. The van der Waals surface area contributed by atoms with E-state index in [0.717, 1.165) is 13.0 Å². The van der Waals surface area contributed by atoms with E-state index in [4.69, 9.17) is 0 Å². The van der Waals surface area contributed by atoms with Crippen molar-refractivity contribution in [3.63, 3.8) is 0 Å². The third-order valence-electron chi connectivity index (χ3n) is 2.84. The van der Waals surface area contributed by atoms with Crippen LogP contribution in [-0.4, -0.2) is 37.6 Å². The fourth-order valence-electron chi connectivity index (χ4n) is 1.84. The van der Waals surface area contributed by atoms with Crippen molar-refractivity contribution < 1.29 is 8.42 Å². The van der Waals surface area contributed by atoms with Crippen LogP contribution in [0.3, 0.4) is 0 Å². The Hall–Kier alpha value is -0.880. The molecule has 0 saturated heterocycles. The molecular formula is C12H15BrN2O2S. The molecule has 18 heavy (non-hydrogen) atoms. The molecule has 0 aromatic heterocycles. The van der Waals surface area contributed by atoms with Crippen LogP contribution in [0.1, 0.15) is 18.9 Å². The third kappa shape index (κ3) is 2.59. The maximum atomic E-state index is 11.9. The smallest absolute Gasteiger partial charge is 0.285 e. The summed E-state index contributed by atoms with van der Waals surface area (Å²) in [7, 11) is -1.64. The Morgan fingerprint density at radius 1 is 1.39 bits per heavy atom. The molecule has 0 N–H and O–H groups in total. The van der Waals surface area contributed by atoms with Crippen LogP contribution in [0.15, 0.2) is 33.6 Å². The van der Waals surface area contributed by atoms with E-state index in [-0.39, 0.29) is 0 Å². The van der Waals surface area contributed by atoms with Crippen molar-refractivity contribution in [1.82, 2.24) is 4.90 Å². The number of halogens is 1. The second-order valence-corrected chi connectivity index (χ2v) is 7.51. The number of hydrogen-bond donors (Lipinski definition) is 0. The van der Waals surface area contributed by atoms with Gasteiger partial charge in [0.15, 0.2) is 0 Å². The van der Waals surface area contributed by atoms with Crippen molar-refractivity contribution in [3.05, 3.63) is 29.8 Å². The predicted octanol–water partition coefficient (Wildman–Crippen LogP) is 2.24. The Labute approximate surface area is 116 Å². The van der Waals surface area contributed by atoms with E-state index in [2.05, 4.69) is 27.3 Å². The van der Waals surface area contributed by atoms with E-state index in [1.807, 2.05) is 18.0 Å². The molecule has 0 bridgehead atoms. The Bertz CT molecular complexity index is 581. The minimum atomic E-state index is -3.50. The van der Waals surface area contributed by atoms with Crippen molar-refractivity contribution in [1.29, 1.82) is 0 Å². The fraction of sp³-hybridized carbons (Fsp3) is 0.417. The van der Waals surface area contributed by atoms with Crippen LogP contribution in [-0.2, 0) is 10.0 Å². The summed E-state index contributed by atoms with van der Waals surface area (Å²) >= 11 is 3.48. The first kappa shape index (κ1) is 13.5. The van der Waals surface area contributed by atoms with Gasteiger partial charge in [0.2, 0.25) is 0 Å². The number of benzene rings is 1. The van der Waals surface area contributed by atoms with Crippen LogP contribution in [0, 0.1) is 0 Å².